The molecule has 0 heterocycles. The number of hydrogen-bond acceptors (Lipinski definition) is 0. The lowest BCUT2D eigenvalue weighted by molar-refractivity contribution is 0.782. The Labute approximate surface area is 108 Å². The van der Waals surface area contributed by atoms with Crippen LogP contribution < -0.4 is 10.4 Å². The molecule has 0 bridgehead atoms. The second-order valence-corrected chi connectivity index (χ2v) is 15.5. The molecule has 0 saturated heterocycles. The topological polar surface area (TPSA) is 0 Å². The largest absolute Gasteiger partial charge is 0.308 e. The highest BCUT2D eigenvalue weighted by molar-refractivity contribution is 7.45. The van der Waals surface area contributed by atoms with Crippen LogP contribution in [0.4, 0.5) is 8.22 Å². The molecule has 0 aromatic heterocycles. The standard InChI is InChI=1S/C14H16F2Si2/c1-17(15,13-9-5-3-6-10-13)18(2,16)14-11-7-4-8-12-14/h3-12H,1-2H3/t17-,18-/m1/s1. The molecule has 18 heavy (non-hydrogen) atoms. The summed E-state index contributed by atoms with van der Waals surface area (Å²) in [5.74, 6) is 0. The summed E-state index contributed by atoms with van der Waals surface area (Å²) in [7, 11) is -7.15. The van der Waals surface area contributed by atoms with Gasteiger partial charge in [-0.3, -0.25) is 0 Å². The van der Waals surface area contributed by atoms with E-state index in [0.717, 1.165) is 0 Å². The molecule has 2 rings (SSSR count). The maximum atomic E-state index is 15.1. The predicted molar refractivity (Wildman–Crippen MR) is 77.6 cm³/mol. The third-order valence-corrected chi connectivity index (χ3v) is 15.1. The molecule has 2 atom stereocenters. The van der Waals surface area contributed by atoms with Gasteiger partial charge in [0, 0.05) is 0 Å². The number of benzene rings is 2. The van der Waals surface area contributed by atoms with Crippen molar-refractivity contribution in [1.82, 2.24) is 0 Å². The van der Waals surface area contributed by atoms with Gasteiger partial charge >= 0.3 is 15.9 Å². The zero-order valence-corrected chi connectivity index (χ0v) is 12.5. The Balaban J connectivity index is 2.47. The van der Waals surface area contributed by atoms with Crippen molar-refractivity contribution in [1.29, 1.82) is 0 Å². The van der Waals surface area contributed by atoms with Crippen molar-refractivity contribution in [3.63, 3.8) is 0 Å². The van der Waals surface area contributed by atoms with E-state index in [1.54, 1.807) is 48.5 Å². The quantitative estimate of drug-likeness (QED) is 0.598. The fraction of sp³-hybridized carbons (Fsp3) is 0.143. The summed E-state index contributed by atoms with van der Waals surface area (Å²) in [5, 5.41) is 1.09. The Hall–Kier alpha value is -1.27. The Morgan fingerprint density at radius 1 is 0.611 bits per heavy atom. The summed E-state index contributed by atoms with van der Waals surface area (Å²) >= 11 is 0. The van der Waals surface area contributed by atoms with E-state index in [4.69, 9.17) is 0 Å². The highest BCUT2D eigenvalue weighted by Gasteiger charge is 2.55. The molecule has 0 saturated carbocycles. The van der Waals surface area contributed by atoms with Gasteiger partial charge in [-0.1, -0.05) is 60.7 Å². The minimum atomic E-state index is -3.58. The van der Waals surface area contributed by atoms with Crippen LogP contribution in [0.1, 0.15) is 0 Å². The van der Waals surface area contributed by atoms with Gasteiger partial charge in [-0.15, -0.1) is 0 Å². The summed E-state index contributed by atoms with van der Waals surface area (Å²) in [4.78, 5) is 0. The Bertz CT molecular complexity index is 460. The van der Waals surface area contributed by atoms with Gasteiger partial charge in [0.1, 0.15) is 0 Å². The van der Waals surface area contributed by atoms with Crippen molar-refractivity contribution in [2.24, 2.45) is 0 Å². The third kappa shape index (κ3) is 2.18. The van der Waals surface area contributed by atoms with E-state index in [2.05, 4.69) is 0 Å². The summed E-state index contributed by atoms with van der Waals surface area (Å²) in [6.07, 6.45) is 0. The van der Waals surface area contributed by atoms with Crippen molar-refractivity contribution in [3.8, 4) is 0 Å². The second-order valence-electron chi connectivity index (χ2n) is 4.74. The molecule has 0 amide bonds. The van der Waals surface area contributed by atoms with Gasteiger partial charge in [0.15, 0.2) is 0 Å². The lowest BCUT2D eigenvalue weighted by atomic mass is 10.4. The first-order valence-electron chi connectivity index (χ1n) is 5.95. The van der Waals surface area contributed by atoms with E-state index in [9.17, 15) is 0 Å². The highest BCUT2D eigenvalue weighted by Crippen LogP contribution is 2.22. The SMILES string of the molecule is C[Si@](F)(c1ccccc1)[Si@@](C)(F)c1ccccc1. The zero-order valence-electron chi connectivity index (χ0n) is 10.5. The minimum Gasteiger partial charge on any atom is -0.308 e. The maximum absolute atomic E-state index is 15.1. The van der Waals surface area contributed by atoms with E-state index in [1.807, 2.05) is 12.1 Å². The van der Waals surface area contributed by atoms with Gasteiger partial charge in [0.2, 0.25) is 0 Å². The fourth-order valence-electron chi connectivity index (χ4n) is 2.04. The van der Waals surface area contributed by atoms with Crippen LogP contribution in [0.2, 0.25) is 13.1 Å². The Morgan fingerprint density at radius 3 is 1.17 bits per heavy atom. The van der Waals surface area contributed by atoms with Crippen LogP contribution in [0.5, 0.6) is 0 Å². The van der Waals surface area contributed by atoms with Crippen molar-refractivity contribution in [2.45, 2.75) is 13.1 Å². The van der Waals surface area contributed by atoms with E-state index in [1.165, 1.54) is 13.1 Å². The molecule has 0 unspecified atom stereocenters. The number of halogens is 2. The second kappa shape index (κ2) is 4.78. The van der Waals surface area contributed by atoms with Crippen molar-refractivity contribution in [3.05, 3.63) is 60.7 Å². The molecule has 94 valence electrons. The summed E-state index contributed by atoms with van der Waals surface area (Å²) in [6.45, 7) is 2.98. The summed E-state index contributed by atoms with van der Waals surface area (Å²) < 4.78 is 30.2. The maximum Gasteiger partial charge on any atom is 0.302 e. The van der Waals surface area contributed by atoms with Crippen LogP contribution in [0.25, 0.3) is 0 Å². The van der Waals surface area contributed by atoms with Crippen LogP contribution in [-0.4, -0.2) is 15.9 Å². The van der Waals surface area contributed by atoms with Crippen LogP contribution in [0.3, 0.4) is 0 Å². The van der Waals surface area contributed by atoms with Gasteiger partial charge in [0.25, 0.3) is 0 Å². The van der Waals surface area contributed by atoms with Gasteiger partial charge in [-0.25, -0.2) is 0 Å². The van der Waals surface area contributed by atoms with E-state index in [-0.39, 0.29) is 0 Å². The van der Waals surface area contributed by atoms with Crippen molar-refractivity contribution >= 4 is 26.2 Å². The van der Waals surface area contributed by atoms with Gasteiger partial charge in [0.05, 0.1) is 0 Å². The molecule has 0 radical (unpaired) electrons. The molecule has 0 aliphatic carbocycles. The van der Waals surface area contributed by atoms with Gasteiger partial charge in [-0.05, 0) is 23.5 Å². The molecule has 0 aliphatic heterocycles. The average Bonchev–Trinajstić information content (AvgIpc) is 2.40. The predicted octanol–water partition coefficient (Wildman–Crippen LogP) is 2.97. The average molecular weight is 278 g/mol. The van der Waals surface area contributed by atoms with Crippen LogP contribution in [0, 0.1) is 0 Å². The molecule has 0 nitrogen and oxygen atoms in total. The lowest BCUT2D eigenvalue weighted by Crippen LogP contribution is -2.67. The molecule has 4 heteroatoms. The van der Waals surface area contributed by atoms with Crippen molar-refractivity contribution < 1.29 is 8.22 Å². The summed E-state index contributed by atoms with van der Waals surface area (Å²) in [5.41, 5.74) is 0. The van der Waals surface area contributed by atoms with Crippen LogP contribution in [0.15, 0.2) is 60.7 Å². The lowest BCUT2D eigenvalue weighted by Gasteiger charge is -2.29. The van der Waals surface area contributed by atoms with Gasteiger partial charge < -0.3 is 8.22 Å². The van der Waals surface area contributed by atoms with Crippen LogP contribution in [-0.2, 0) is 0 Å². The number of rotatable bonds is 3. The fourth-order valence-corrected chi connectivity index (χ4v) is 9.02. The third-order valence-electron chi connectivity index (χ3n) is 3.51. The van der Waals surface area contributed by atoms with Crippen LogP contribution >= 0.6 is 0 Å². The van der Waals surface area contributed by atoms with E-state index in [0.29, 0.717) is 10.4 Å². The molecule has 0 fully saturated rings. The Kier molecular flexibility index (Phi) is 3.50. The monoisotopic (exact) mass is 278 g/mol. The van der Waals surface area contributed by atoms with E-state index >= 15 is 8.22 Å². The molecule has 2 aromatic rings. The normalized spacial score (nSPS) is 17.8. The molecule has 0 spiro atoms. The Morgan fingerprint density at radius 2 is 0.889 bits per heavy atom. The molecular formula is C14H16F2Si2. The van der Waals surface area contributed by atoms with Crippen molar-refractivity contribution in [2.75, 3.05) is 0 Å². The first-order valence-corrected chi connectivity index (χ1v) is 11.7. The van der Waals surface area contributed by atoms with E-state index < -0.39 is 15.9 Å². The highest BCUT2D eigenvalue weighted by atomic mass is 29.3. The summed E-state index contributed by atoms with van der Waals surface area (Å²) in [6, 6.07) is 17.6. The first-order chi connectivity index (χ1) is 8.46. The molecule has 2 aromatic carbocycles. The first kappa shape index (κ1) is 13.2. The molecule has 0 aliphatic rings. The molecular weight excluding hydrogens is 262 g/mol. The zero-order chi connectivity index (χ0) is 13.2. The van der Waals surface area contributed by atoms with Gasteiger partial charge in [-0.2, -0.15) is 0 Å². The smallest absolute Gasteiger partial charge is 0.302 e. The minimum absolute atomic E-state index is 0.547. The molecule has 0 N–H and O–H groups in total. The number of hydrogen-bond donors (Lipinski definition) is 0.